The second-order valence-corrected chi connectivity index (χ2v) is 4.08. The van der Waals surface area contributed by atoms with Crippen molar-refractivity contribution in [1.82, 2.24) is 0 Å². The van der Waals surface area contributed by atoms with Crippen LogP contribution in [0.1, 0.15) is 11.1 Å². The van der Waals surface area contributed by atoms with Crippen LogP contribution in [0.2, 0.25) is 0 Å². The number of hydrogen-bond acceptors (Lipinski definition) is 2. The lowest BCUT2D eigenvalue weighted by Gasteiger charge is -2.03. The van der Waals surface area contributed by atoms with Crippen molar-refractivity contribution < 1.29 is 4.74 Å². The largest absolute Gasteiger partial charge is 0.492 e. The van der Waals surface area contributed by atoms with Gasteiger partial charge in [-0.3, -0.25) is 0 Å². The van der Waals surface area contributed by atoms with Crippen LogP contribution in [0.15, 0.2) is 48.5 Å². The normalized spacial score (nSPS) is 9.20. The van der Waals surface area contributed by atoms with Crippen molar-refractivity contribution in [3.8, 4) is 17.6 Å². The lowest BCUT2D eigenvalue weighted by molar-refractivity contribution is 0.328. The molecule has 0 bridgehead atoms. The summed E-state index contributed by atoms with van der Waals surface area (Å²) in [6, 6.07) is 14.8. The average molecular weight is 262 g/mol. The summed E-state index contributed by atoms with van der Waals surface area (Å²) in [5, 5.41) is 0. The summed E-state index contributed by atoms with van der Waals surface area (Å²) in [4.78, 5) is 3.38. The molecule has 0 saturated carbocycles. The van der Waals surface area contributed by atoms with Gasteiger partial charge in [-0.25, -0.2) is 4.85 Å². The lowest BCUT2D eigenvalue weighted by atomic mass is 10.1. The molecule has 2 rings (SSSR count). The van der Waals surface area contributed by atoms with E-state index in [0.29, 0.717) is 18.8 Å². The number of ether oxygens (including phenoxy) is 1. The summed E-state index contributed by atoms with van der Waals surface area (Å²) >= 11 is 0. The highest BCUT2D eigenvalue weighted by Crippen LogP contribution is 2.14. The maximum Gasteiger partial charge on any atom is 0.188 e. The van der Waals surface area contributed by atoms with Crippen molar-refractivity contribution in [2.24, 2.45) is 5.73 Å². The number of nitrogens with two attached hydrogens (primary N) is 1. The zero-order valence-electron chi connectivity index (χ0n) is 11.0. The van der Waals surface area contributed by atoms with Crippen molar-refractivity contribution >= 4 is 5.69 Å². The van der Waals surface area contributed by atoms with E-state index in [-0.39, 0.29) is 0 Å². The van der Waals surface area contributed by atoms with Crippen LogP contribution >= 0.6 is 0 Å². The van der Waals surface area contributed by atoms with Crippen molar-refractivity contribution in [3.05, 3.63) is 71.1 Å². The molecule has 0 aromatic heterocycles. The van der Waals surface area contributed by atoms with Gasteiger partial charge in [0.2, 0.25) is 0 Å². The molecule has 0 aliphatic rings. The molecule has 0 atom stereocenters. The molecule has 0 fully saturated rings. The van der Waals surface area contributed by atoms with Crippen molar-refractivity contribution in [2.45, 2.75) is 0 Å². The van der Waals surface area contributed by atoms with Crippen molar-refractivity contribution in [3.63, 3.8) is 0 Å². The minimum atomic E-state index is 0.485. The molecule has 0 radical (unpaired) electrons. The first-order valence-corrected chi connectivity index (χ1v) is 6.24. The van der Waals surface area contributed by atoms with Crippen LogP contribution in [0.5, 0.6) is 5.75 Å². The van der Waals surface area contributed by atoms with Gasteiger partial charge >= 0.3 is 0 Å². The molecule has 98 valence electrons. The molecular weight excluding hydrogens is 248 g/mol. The Bertz CT molecular complexity index is 690. The maximum absolute atomic E-state index is 6.98. The number of benzene rings is 2. The minimum absolute atomic E-state index is 0.485. The molecule has 0 spiro atoms. The first kappa shape index (κ1) is 13.7. The quantitative estimate of drug-likeness (QED) is 0.682. The van der Waals surface area contributed by atoms with Gasteiger partial charge in [-0.15, -0.1) is 0 Å². The Morgan fingerprint density at radius 1 is 1.05 bits per heavy atom. The molecule has 20 heavy (non-hydrogen) atoms. The zero-order chi connectivity index (χ0) is 14.2. The molecule has 0 aliphatic carbocycles. The monoisotopic (exact) mass is 262 g/mol. The molecule has 0 heterocycles. The summed E-state index contributed by atoms with van der Waals surface area (Å²) in [6.07, 6.45) is 0. The predicted molar refractivity (Wildman–Crippen MR) is 79.7 cm³/mol. The molecule has 0 amide bonds. The summed E-state index contributed by atoms with van der Waals surface area (Å²) in [5.41, 5.74) is 7.69. The van der Waals surface area contributed by atoms with Gasteiger partial charge in [-0.1, -0.05) is 30.0 Å². The molecule has 0 aliphatic heterocycles. The standard InChI is InChI=1S/C17H14N2O/c1-19-16-6-2-4-14(12-16)8-9-15-5-3-7-17(13-15)20-11-10-18/h2-7,12-13H,10-11,18H2. The summed E-state index contributed by atoms with van der Waals surface area (Å²) in [5.74, 6) is 6.87. The first-order valence-electron chi connectivity index (χ1n) is 6.24. The molecule has 2 aromatic carbocycles. The smallest absolute Gasteiger partial charge is 0.188 e. The van der Waals surface area contributed by atoms with E-state index < -0.39 is 0 Å². The second kappa shape index (κ2) is 6.99. The molecule has 0 unspecified atom stereocenters. The Labute approximate surface area is 118 Å². The maximum atomic E-state index is 6.98. The third-order valence-corrected chi connectivity index (χ3v) is 2.55. The van der Waals surface area contributed by atoms with Gasteiger partial charge in [0, 0.05) is 17.7 Å². The van der Waals surface area contributed by atoms with Gasteiger partial charge in [0.1, 0.15) is 12.4 Å². The number of nitrogens with zero attached hydrogens (tertiary/aromatic N) is 1. The molecule has 0 saturated heterocycles. The lowest BCUT2D eigenvalue weighted by Crippen LogP contribution is -2.10. The van der Waals surface area contributed by atoms with E-state index in [9.17, 15) is 0 Å². The van der Waals surface area contributed by atoms with Crippen molar-refractivity contribution in [1.29, 1.82) is 0 Å². The van der Waals surface area contributed by atoms with Crippen LogP contribution in [-0.4, -0.2) is 13.2 Å². The van der Waals surface area contributed by atoms with Crippen LogP contribution in [0.3, 0.4) is 0 Å². The summed E-state index contributed by atoms with van der Waals surface area (Å²) in [7, 11) is 0. The first-order chi connectivity index (χ1) is 9.81. The predicted octanol–water partition coefficient (Wildman–Crippen LogP) is 2.97. The van der Waals surface area contributed by atoms with Gasteiger partial charge in [0.25, 0.3) is 0 Å². The van der Waals surface area contributed by atoms with E-state index >= 15 is 0 Å². The van der Waals surface area contributed by atoms with Gasteiger partial charge in [-0.2, -0.15) is 0 Å². The van der Waals surface area contributed by atoms with Crippen LogP contribution in [-0.2, 0) is 0 Å². The average Bonchev–Trinajstić information content (AvgIpc) is 2.51. The Morgan fingerprint density at radius 2 is 1.75 bits per heavy atom. The molecule has 2 N–H and O–H groups in total. The second-order valence-electron chi connectivity index (χ2n) is 4.08. The topological polar surface area (TPSA) is 39.6 Å². The summed E-state index contributed by atoms with van der Waals surface area (Å²) in [6.45, 7) is 7.95. The Balaban J connectivity index is 2.17. The van der Waals surface area contributed by atoms with Gasteiger partial charge < -0.3 is 10.5 Å². The van der Waals surface area contributed by atoms with Crippen LogP contribution < -0.4 is 10.5 Å². The Hall–Kier alpha value is -2.75. The minimum Gasteiger partial charge on any atom is -0.492 e. The SMILES string of the molecule is [C-]#[N+]c1cccc(C#Cc2cccc(OCCN)c2)c1. The third kappa shape index (κ3) is 3.88. The van der Waals surface area contributed by atoms with Gasteiger partial charge in [0.15, 0.2) is 5.69 Å². The highest BCUT2D eigenvalue weighted by molar-refractivity contribution is 5.53. The highest BCUT2D eigenvalue weighted by atomic mass is 16.5. The fourth-order valence-corrected chi connectivity index (χ4v) is 1.64. The van der Waals surface area contributed by atoms with E-state index in [4.69, 9.17) is 17.0 Å². The number of rotatable bonds is 3. The fourth-order valence-electron chi connectivity index (χ4n) is 1.64. The fraction of sp³-hybridized carbons (Fsp3) is 0.118. The van der Waals surface area contributed by atoms with Crippen molar-refractivity contribution in [2.75, 3.05) is 13.2 Å². The molecule has 3 heteroatoms. The Kier molecular flexibility index (Phi) is 4.78. The van der Waals surface area contributed by atoms with E-state index in [1.165, 1.54) is 0 Å². The molecule has 2 aromatic rings. The van der Waals surface area contributed by atoms with E-state index in [1.54, 1.807) is 12.1 Å². The molecule has 3 nitrogen and oxygen atoms in total. The Morgan fingerprint density at radius 3 is 2.45 bits per heavy atom. The third-order valence-electron chi connectivity index (χ3n) is 2.55. The van der Waals surface area contributed by atoms with Gasteiger partial charge in [-0.05, 0) is 30.3 Å². The summed E-state index contributed by atoms with van der Waals surface area (Å²) < 4.78 is 5.45. The van der Waals surface area contributed by atoms with E-state index in [0.717, 1.165) is 16.9 Å². The van der Waals surface area contributed by atoms with E-state index in [2.05, 4.69) is 16.7 Å². The highest BCUT2D eigenvalue weighted by Gasteiger charge is 1.94. The number of hydrogen-bond donors (Lipinski definition) is 1. The van der Waals surface area contributed by atoms with Crippen LogP contribution in [0, 0.1) is 18.4 Å². The van der Waals surface area contributed by atoms with Crippen LogP contribution in [0.4, 0.5) is 5.69 Å². The van der Waals surface area contributed by atoms with Crippen LogP contribution in [0.25, 0.3) is 4.85 Å². The molecular formula is C17H14N2O. The zero-order valence-corrected chi connectivity index (χ0v) is 11.0. The van der Waals surface area contributed by atoms with E-state index in [1.807, 2.05) is 36.4 Å². The van der Waals surface area contributed by atoms with Gasteiger partial charge in [0.05, 0.1) is 6.57 Å².